The van der Waals surface area contributed by atoms with Gasteiger partial charge in [-0.3, -0.25) is 9.59 Å². The average molecular weight is 691 g/mol. The van der Waals surface area contributed by atoms with E-state index >= 15 is 0 Å². The molecule has 6 rings (SSSR count). The van der Waals surface area contributed by atoms with Gasteiger partial charge in [0, 0.05) is 0 Å². The standard InChI is InChI=1S/C22H24O2.C21H22O2.4CH4/c1-5-22(3,4)21(23)24-15(2)16-10-11-19-13-17-8-6-7-9-18(17)14-20(19)12-16;1-4-14(2)21(22)23-15(3)16-9-10-19-12-17-7-5-6-8-18(17)13-20(19)11-16;;;;/h6-15H,5H2,1-4H3;5-15H,4H2,1-3H3;4*1H4. The van der Waals surface area contributed by atoms with Gasteiger partial charge in [-0.05, 0) is 131 Å². The number of fused-ring (bicyclic) bond motifs is 4. The minimum atomic E-state index is -0.443. The van der Waals surface area contributed by atoms with Crippen molar-refractivity contribution in [3.63, 3.8) is 0 Å². The quantitative estimate of drug-likeness (QED) is 0.118. The molecule has 0 aliphatic carbocycles. The van der Waals surface area contributed by atoms with E-state index in [-0.39, 0.29) is 59.8 Å². The van der Waals surface area contributed by atoms with Gasteiger partial charge in [-0.2, -0.15) is 0 Å². The van der Waals surface area contributed by atoms with E-state index in [1.54, 1.807) is 0 Å². The molecule has 0 amide bonds. The van der Waals surface area contributed by atoms with E-state index in [4.69, 9.17) is 9.47 Å². The summed E-state index contributed by atoms with van der Waals surface area (Å²) in [7, 11) is 0. The van der Waals surface area contributed by atoms with Crippen LogP contribution in [-0.4, -0.2) is 11.9 Å². The number of ether oxygens (including phenoxy) is 2. The molecule has 0 bridgehead atoms. The molecule has 0 heterocycles. The molecular formula is C47H62O4. The molecule has 3 unspecified atom stereocenters. The Morgan fingerprint density at radius 1 is 0.529 bits per heavy atom. The summed E-state index contributed by atoms with van der Waals surface area (Å²) in [6, 6.07) is 38.0. The van der Waals surface area contributed by atoms with Crippen LogP contribution in [0.4, 0.5) is 0 Å². The molecule has 6 aromatic rings. The predicted molar refractivity (Wildman–Crippen MR) is 222 cm³/mol. The van der Waals surface area contributed by atoms with Crippen molar-refractivity contribution in [2.24, 2.45) is 11.3 Å². The van der Waals surface area contributed by atoms with Crippen molar-refractivity contribution in [2.45, 2.75) is 103 Å². The van der Waals surface area contributed by atoms with Crippen LogP contribution < -0.4 is 0 Å². The summed E-state index contributed by atoms with van der Waals surface area (Å²) in [5, 5.41) is 9.67. The highest BCUT2D eigenvalue weighted by atomic mass is 16.5. The van der Waals surface area contributed by atoms with Crippen LogP contribution in [0.3, 0.4) is 0 Å². The number of rotatable bonds is 8. The molecule has 0 fully saturated rings. The number of hydrogen-bond donors (Lipinski definition) is 0. The van der Waals surface area contributed by atoms with Crippen LogP contribution in [-0.2, 0) is 19.1 Å². The Bertz CT molecular complexity index is 2040. The zero-order valence-electron chi connectivity index (χ0n) is 28.7. The second-order valence-electron chi connectivity index (χ2n) is 13.3. The zero-order chi connectivity index (χ0) is 33.7. The lowest BCUT2D eigenvalue weighted by Gasteiger charge is -2.23. The van der Waals surface area contributed by atoms with E-state index < -0.39 is 5.41 Å². The first-order valence-corrected chi connectivity index (χ1v) is 16.8. The molecule has 4 nitrogen and oxygen atoms in total. The number of carbonyl (C=O) groups is 2. The molecule has 0 aliphatic heterocycles. The molecule has 0 aliphatic rings. The van der Waals surface area contributed by atoms with Crippen molar-refractivity contribution in [2.75, 3.05) is 0 Å². The van der Waals surface area contributed by atoms with Crippen molar-refractivity contribution < 1.29 is 19.1 Å². The molecule has 0 saturated carbocycles. The lowest BCUT2D eigenvalue weighted by molar-refractivity contribution is -0.159. The number of benzene rings is 6. The fourth-order valence-electron chi connectivity index (χ4n) is 5.48. The zero-order valence-corrected chi connectivity index (χ0v) is 28.7. The number of esters is 2. The van der Waals surface area contributed by atoms with Gasteiger partial charge in [0.2, 0.25) is 0 Å². The fraction of sp³-hybridized carbons (Fsp3) is 0.362. The second-order valence-corrected chi connectivity index (χ2v) is 13.3. The van der Waals surface area contributed by atoms with Gasteiger partial charge in [-0.15, -0.1) is 0 Å². The van der Waals surface area contributed by atoms with Crippen molar-refractivity contribution in [1.29, 1.82) is 0 Å². The van der Waals surface area contributed by atoms with Gasteiger partial charge in [0.1, 0.15) is 12.2 Å². The Morgan fingerprint density at radius 3 is 1.25 bits per heavy atom. The van der Waals surface area contributed by atoms with Crippen LogP contribution >= 0.6 is 0 Å². The summed E-state index contributed by atoms with van der Waals surface area (Å²) < 4.78 is 11.3. The highest BCUT2D eigenvalue weighted by Crippen LogP contribution is 2.30. The van der Waals surface area contributed by atoms with E-state index in [0.29, 0.717) is 0 Å². The third-order valence-corrected chi connectivity index (χ3v) is 9.42. The number of carbonyl (C=O) groups excluding carboxylic acids is 2. The molecule has 4 heteroatoms. The Labute approximate surface area is 308 Å². The lowest BCUT2D eigenvalue weighted by atomic mass is 9.90. The van der Waals surface area contributed by atoms with E-state index in [1.165, 1.54) is 43.1 Å². The summed E-state index contributed by atoms with van der Waals surface area (Å²) in [5.74, 6) is -0.323. The highest BCUT2D eigenvalue weighted by molar-refractivity contribution is 5.99. The third kappa shape index (κ3) is 10.4. The maximum absolute atomic E-state index is 12.3. The Kier molecular flexibility index (Phi) is 16.6. The molecule has 274 valence electrons. The minimum Gasteiger partial charge on any atom is -0.458 e. The Balaban J connectivity index is 0.000000473. The maximum Gasteiger partial charge on any atom is 0.312 e. The van der Waals surface area contributed by atoms with Gasteiger partial charge in [0.15, 0.2) is 0 Å². The van der Waals surface area contributed by atoms with E-state index in [9.17, 15) is 9.59 Å². The van der Waals surface area contributed by atoms with Crippen LogP contribution in [0.1, 0.15) is 114 Å². The van der Waals surface area contributed by atoms with Crippen LogP contribution in [0.5, 0.6) is 0 Å². The fourth-order valence-corrected chi connectivity index (χ4v) is 5.48. The van der Waals surface area contributed by atoms with Gasteiger partial charge in [-0.25, -0.2) is 0 Å². The lowest BCUT2D eigenvalue weighted by Crippen LogP contribution is -2.26. The SMILES string of the molecule is C.C.C.C.CCC(C)(C)C(=O)OC(C)c1ccc2cc3ccccc3cc2c1.CCC(C)C(=O)OC(C)c1ccc2cc3ccccc3cc2c1. The van der Waals surface area contributed by atoms with Crippen molar-refractivity contribution >= 4 is 55.0 Å². The molecule has 0 radical (unpaired) electrons. The average Bonchev–Trinajstić information content (AvgIpc) is 3.08. The van der Waals surface area contributed by atoms with E-state index in [0.717, 1.165) is 24.0 Å². The van der Waals surface area contributed by atoms with Crippen molar-refractivity contribution in [1.82, 2.24) is 0 Å². The summed E-state index contributed by atoms with van der Waals surface area (Å²) in [4.78, 5) is 24.3. The molecule has 6 aromatic carbocycles. The van der Waals surface area contributed by atoms with Crippen LogP contribution in [0.25, 0.3) is 43.1 Å². The molecule has 3 atom stereocenters. The first kappa shape index (κ1) is 44.3. The van der Waals surface area contributed by atoms with Gasteiger partial charge < -0.3 is 9.47 Å². The van der Waals surface area contributed by atoms with Crippen molar-refractivity contribution in [3.8, 4) is 0 Å². The summed E-state index contributed by atoms with van der Waals surface area (Å²) in [6.07, 6.45) is 1.09. The van der Waals surface area contributed by atoms with Gasteiger partial charge in [-0.1, -0.05) is 123 Å². The summed E-state index contributed by atoms with van der Waals surface area (Å²) in [5.41, 5.74) is 1.61. The number of hydrogen-bond acceptors (Lipinski definition) is 4. The van der Waals surface area contributed by atoms with Gasteiger partial charge in [0.05, 0.1) is 11.3 Å². The van der Waals surface area contributed by atoms with Gasteiger partial charge >= 0.3 is 11.9 Å². The topological polar surface area (TPSA) is 52.6 Å². The second kappa shape index (κ2) is 19.1. The first-order valence-electron chi connectivity index (χ1n) is 16.8. The van der Waals surface area contributed by atoms with Gasteiger partial charge in [0.25, 0.3) is 0 Å². The van der Waals surface area contributed by atoms with E-state index in [2.05, 4.69) is 97.1 Å². The maximum atomic E-state index is 12.3. The predicted octanol–water partition coefficient (Wildman–Crippen LogP) is 14.2. The third-order valence-electron chi connectivity index (χ3n) is 9.42. The first-order chi connectivity index (χ1) is 22.5. The van der Waals surface area contributed by atoms with Crippen LogP contribution in [0.2, 0.25) is 0 Å². The van der Waals surface area contributed by atoms with Crippen LogP contribution in [0.15, 0.2) is 109 Å². The minimum absolute atomic E-state index is 0. The Hall–Kier alpha value is -4.70. The highest BCUT2D eigenvalue weighted by Gasteiger charge is 2.29. The molecular weight excluding hydrogens is 629 g/mol. The molecule has 0 aromatic heterocycles. The molecule has 0 N–H and O–H groups in total. The molecule has 51 heavy (non-hydrogen) atoms. The Morgan fingerprint density at radius 2 is 0.882 bits per heavy atom. The summed E-state index contributed by atoms with van der Waals surface area (Å²) >= 11 is 0. The van der Waals surface area contributed by atoms with E-state index in [1.807, 2.05) is 60.6 Å². The normalized spacial score (nSPS) is 12.5. The van der Waals surface area contributed by atoms with Crippen LogP contribution in [0, 0.1) is 11.3 Å². The summed E-state index contributed by atoms with van der Waals surface area (Å²) in [6.45, 7) is 13.6. The monoisotopic (exact) mass is 690 g/mol. The smallest absolute Gasteiger partial charge is 0.312 e. The molecule has 0 spiro atoms. The van der Waals surface area contributed by atoms with Crippen molar-refractivity contribution in [3.05, 3.63) is 120 Å². The largest absolute Gasteiger partial charge is 0.458 e. The molecule has 0 saturated heterocycles.